The summed E-state index contributed by atoms with van der Waals surface area (Å²) < 4.78 is 0. The molecule has 2 amide bonds. The molecule has 0 aliphatic heterocycles. The molecule has 1 aromatic rings. The zero-order chi connectivity index (χ0) is 14.7. The highest BCUT2D eigenvalue weighted by molar-refractivity contribution is 5.74. The van der Waals surface area contributed by atoms with Crippen LogP contribution in [-0.4, -0.2) is 16.7 Å². The molecule has 0 bridgehead atoms. The van der Waals surface area contributed by atoms with E-state index in [2.05, 4.69) is 10.6 Å². The number of aliphatic hydroxyl groups is 1. The summed E-state index contributed by atoms with van der Waals surface area (Å²) in [6, 6.07) is 7.38. The lowest BCUT2D eigenvalue weighted by atomic mass is 9.97. The fraction of sp³-hybridized carbons (Fsp3) is 0.533. The number of nitrogens with one attached hydrogen (secondary N) is 2. The lowest BCUT2D eigenvalue weighted by molar-refractivity contribution is 0.0786. The van der Waals surface area contributed by atoms with Gasteiger partial charge in [-0.15, -0.1) is 0 Å². The predicted molar refractivity (Wildman–Crippen MR) is 76.8 cm³/mol. The molecule has 1 aromatic carbocycles. The van der Waals surface area contributed by atoms with Crippen LogP contribution in [0.25, 0.3) is 0 Å². The summed E-state index contributed by atoms with van der Waals surface area (Å²) in [5.41, 5.74) is 0.775. The maximum absolute atomic E-state index is 11.6. The van der Waals surface area contributed by atoms with Crippen LogP contribution in [0.5, 0.6) is 0 Å². The van der Waals surface area contributed by atoms with Gasteiger partial charge < -0.3 is 15.7 Å². The van der Waals surface area contributed by atoms with Crippen LogP contribution in [0, 0.1) is 0 Å². The van der Waals surface area contributed by atoms with E-state index in [0.29, 0.717) is 6.54 Å². The lowest BCUT2D eigenvalue weighted by Gasteiger charge is -2.21. The van der Waals surface area contributed by atoms with E-state index in [1.54, 1.807) is 13.8 Å². The lowest BCUT2D eigenvalue weighted by Crippen LogP contribution is -2.46. The van der Waals surface area contributed by atoms with Gasteiger partial charge in [0.15, 0.2) is 0 Å². The highest BCUT2D eigenvalue weighted by Crippen LogP contribution is 2.19. The highest BCUT2D eigenvalue weighted by Gasteiger charge is 2.15. The molecule has 0 atom stereocenters. The van der Waals surface area contributed by atoms with Crippen LogP contribution < -0.4 is 10.6 Å². The normalized spacial score (nSPS) is 12.1. The third-order valence-electron chi connectivity index (χ3n) is 2.60. The fourth-order valence-electron chi connectivity index (χ4n) is 1.60. The van der Waals surface area contributed by atoms with E-state index in [-0.39, 0.29) is 11.6 Å². The van der Waals surface area contributed by atoms with Crippen LogP contribution in [-0.2, 0) is 12.1 Å². The minimum atomic E-state index is -0.838. The molecule has 4 heteroatoms. The molecule has 0 radical (unpaired) electrons. The van der Waals surface area contributed by atoms with Gasteiger partial charge in [-0.2, -0.15) is 0 Å². The highest BCUT2D eigenvalue weighted by atomic mass is 16.3. The number of rotatable bonds is 3. The van der Waals surface area contributed by atoms with E-state index in [9.17, 15) is 9.90 Å². The quantitative estimate of drug-likeness (QED) is 0.785. The van der Waals surface area contributed by atoms with Crippen molar-refractivity contribution in [3.63, 3.8) is 0 Å². The van der Waals surface area contributed by atoms with Crippen molar-refractivity contribution < 1.29 is 9.90 Å². The summed E-state index contributed by atoms with van der Waals surface area (Å²) in [5.74, 6) is 0. The molecule has 4 nitrogen and oxygen atoms in total. The van der Waals surface area contributed by atoms with Crippen LogP contribution in [0.4, 0.5) is 4.79 Å². The van der Waals surface area contributed by atoms with Crippen molar-refractivity contribution in [1.82, 2.24) is 10.6 Å². The average Bonchev–Trinajstić information content (AvgIpc) is 2.23. The monoisotopic (exact) mass is 264 g/mol. The number of hydrogen-bond donors (Lipinski definition) is 3. The summed E-state index contributed by atoms with van der Waals surface area (Å²) in [7, 11) is 0. The van der Waals surface area contributed by atoms with Crippen LogP contribution in [0.1, 0.15) is 45.7 Å². The molecule has 0 aliphatic carbocycles. The predicted octanol–water partition coefficient (Wildman–Crippen LogP) is 2.51. The minimum Gasteiger partial charge on any atom is -0.386 e. The maximum atomic E-state index is 11.6. The molecule has 106 valence electrons. The van der Waals surface area contributed by atoms with Crippen LogP contribution in [0.3, 0.4) is 0 Å². The Labute approximate surface area is 115 Å². The van der Waals surface area contributed by atoms with E-state index in [0.717, 1.165) is 11.1 Å². The molecule has 3 N–H and O–H groups in total. The fourth-order valence-corrected chi connectivity index (χ4v) is 1.60. The van der Waals surface area contributed by atoms with Gasteiger partial charge in [-0.3, -0.25) is 0 Å². The standard InChI is InChI=1S/C15H24N2O2/c1-14(2,3)17-13(18)16-10-11-6-8-12(9-7-11)15(4,5)19/h6-9,19H,10H2,1-5H3,(H2,16,17,18). The van der Waals surface area contributed by atoms with Crippen molar-refractivity contribution in [1.29, 1.82) is 0 Å². The second-order valence-electron chi connectivity index (χ2n) is 6.31. The van der Waals surface area contributed by atoms with E-state index >= 15 is 0 Å². The molecule has 19 heavy (non-hydrogen) atoms. The molecule has 0 saturated heterocycles. The number of amides is 2. The van der Waals surface area contributed by atoms with Gasteiger partial charge in [-0.05, 0) is 45.7 Å². The molecule has 1 rings (SSSR count). The molecule has 0 heterocycles. The summed E-state index contributed by atoms with van der Waals surface area (Å²) in [5, 5.41) is 15.5. The van der Waals surface area contributed by atoms with Crippen molar-refractivity contribution in [2.75, 3.05) is 0 Å². The van der Waals surface area contributed by atoms with Gasteiger partial charge in [0.05, 0.1) is 5.60 Å². The number of urea groups is 1. The van der Waals surface area contributed by atoms with Crippen LogP contribution in [0.15, 0.2) is 24.3 Å². The molecule has 0 unspecified atom stereocenters. The van der Waals surface area contributed by atoms with Gasteiger partial charge in [-0.25, -0.2) is 4.79 Å². The van der Waals surface area contributed by atoms with Crippen molar-refractivity contribution in [3.8, 4) is 0 Å². The topological polar surface area (TPSA) is 61.4 Å². The molecule has 0 fully saturated rings. The average molecular weight is 264 g/mol. The van der Waals surface area contributed by atoms with Crippen molar-refractivity contribution >= 4 is 6.03 Å². The molecule has 0 aromatic heterocycles. The summed E-state index contributed by atoms with van der Waals surface area (Å²) in [6.45, 7) is 9.77. The Hall–Kier alpha value is -1.55. The summed E-state index contributed by atoms with van der Waals surface area (Å²) >= 11 is 0. The smallest absolute Gasteiger partial charge is 0.315 e. The Morgan fingerprint density at radius 2 is 1.63 bits per heavy atom. The molecular weight excluding hydrogens is 240 g/mol. The van der Waals surface area contributed by atoms with E-state index < -0.39 is 5.60 Å². The summed E-state index contributed by atoms with van der Waals surface area (Å²) in [6.07, 6.45) is 0. The Morgan fingerprint density at radius 3 is 2.05 bits per heavy atom. The zero-order valence-electron chi connectivity index (χ0n) is 12.4. The first-order valence-electron chi connectivity index (χ1n) is 6.46. The first-order chi connectivity index (χ1) is 8.58. The van der Waals surface area contributed by atoms with Gasteiger partial charge in [0.25, 0.3) is 0 Å². The van der Waals surface area contributed by atoms with Gasteiger partial charge in [-0.1, -0.05) is 24.3 Å². The first-order valence-corrected chi connectivity index (χ1v) is 6.46. The molecule has 0 spiro atoms. The maximum Gasteiger partial charge on any atom is 0.315 e. The van der Waals surface area contributed by atoms with Gasteiger partial charge in [0.2, 0.25) is 0 Å². The number of hydrogen-bond acceptors (Lipinski definition) is 2. The van der Waals surface area contributed by atoms with Crippen LogP contribution >= 0.6 is 0 Å². The van der Waals surface area contributed by atoms with E-state index in [1.807, 2.05) is 45.0 Å². The van der Waals surface area contributed by atoms with Gasteiger partial charge in [0, 0.05) is 12.1 Å². The largest absolute Gasteiger partial charge is 0.386 e. The van der Waals surface area contributed by atoms with E-state index in [1.165, 1.54) is 0 Å². The van der Waals surface area contributed by atoms with Crippen molar-refractivity contribution in [2.24, 2.45) is 0 Å². The number of carbonyl (C=O) groups excluding carboxylic acids is 1. The first kappa shape index (κ1) is 15.5. The Morgan fingerprint density at radius 1 is 1.11 bits per heavy atom. The number of carbonyl (C=O) groups is 1. The van der Waals surface area contributed by atoms with Gasteiger partial charge in [0.1, 0.15) is 0 Å². The SMILES string of the molecule is CC(C)(C)NC(=O)NCc1ccc(C(C)(C)O)cc1. The van der Waals surface area contributed by atoms with Crippen LogP contribution in [0.2, 0.25) is 0 Å². The Balaban J connectivity index is 2.53. The zero-order valence-corrected chi connectivity index (χ0v) is 12.4. The van der Waals surface area contributed by atoms with Gasteiger partial charge >= 0.3 is 6.03 Å². The Kier molecular flexibility index (Phi) is 4.58. The third-order valence-corrected chi connectivity index (χ3v) is 2.60. The minimum absolute atomic E-state index is 0.181. The molecule has 0 aliphatic rings. The second-order valence-corrected chi connectivity index (χ2v) is 6.31. The van der Waals surface area contributed by atoms with Crippen molar-refractivity contribution in [3.05, 3.63) is 35.4 Å². The Bertz CT molecular complexity index is 425. The van der Waals surface area contributed by atoms with E-state index in [4.69, 9.17) is 0 Å². The molecular formula is C15H24N2O2. The summed E-state index contributed by atoms with van der Waals surface area (Å²) in [4.78, 5) is 11.6. The third kappa shape index (κ3) is 5.75. The van der Waals surface area contributed by atoms with Crippen molar-refractivity contribution in [2.45, 2.75) is 52.3 Å². The second kappa shape index (κ2) is 5.61. The molecule has 0 saturated carbocycles. The number of benzene rings is 1.